The lowest BCUT2D eigenvalue weighted by Gasteiger charge is -2.41. The van der Waals surface area contributed by atoms with Crippen molar-refractivity contribution < 1.29 is 9.59 Å². The molecule has 2 atom stereocenters. The molecule has 2 amide bonds. The van der Waals surface area contributed by atoms with Crippen molar-refractivity contribution in [3.05, 3.63) is 99.0 Å². The standard InChI is InChI=1S/C19H17BrN2O2.C6H5Cl/c1-11-4-2-3-5-13(11)17-19(9-8-16(23)22-17)14-7-6-12(20)10-15(14)21-18(19)24;7-6-4-2-1-3-5-6/h2-7,10,17H,8-9H2,1H3,(H,21,24)(H,22,23);1-5H/t17-,19-;/m1./s1. The molecule has 2 aliphatic heterocycles. The number of benzene rings is 3. The zero-order valence-electron chi connectivity index (χ0n) is 17.0. The minimum absolute atomic E-state index is 0.00719. The highest BCUT2D eigenvalue weighted by molar-refractivity contribution is 9.10. The van der Waals surface area contributed by atoms with E-state index in [4.69, 9.17) is 11.6 Å². The minimum atomic E-state index is -0.754. The molecule has 0 aliphatic carbocycles. The summed E-state index contributed by atoms with van der Waals surface area (Å²) in [6.45, 7) is 2.01. The summed E-state index contributed by atoms with van der Waals surface area (Å²) < 4.78 is 0.922. The first-order valence-corrected chi connectivity index (χ1v) is 11.3. The molecule has 2 aliphatic rings. The number of rotatable bonds is 1. The van der Waals surface area contributed by atoms with E-state index in [1.165, 1.54) is 0 Å². The van der Waals surface area contributed by atoms with E-state index in [1.807, 2.05) is 79.7 Å². The zero-order valence-corrected chi connectivity index (χ0v) is 19.3. The van der Waals surface area contributed by atoms with Crippen LogP contribution in [0.4, 0.5) is 5.69 Å². The highest BCUT2D eigenvalue weighted by Crippen LogP contribution is 2.51. The summed E-state index contributed by atoms with van der Waals surface area (Å²) in [5, 5.41) is 6.89. The van der Waals surface area contributed by atoms with Crippen molar-refractivity contribution in [1.29, 1.82) is 0 Å². The number of nitrogens with one attached hydrogen (secondary N) is 2. The molecule has 3 aromatic rings. The highest BCUT2D eigenvalue weighted by Gasteiger charge is 2.55. The lowest BCUT2D eigenvalue weighted by atomic mass is 9.67. The number of carbonyl (C=O) groups excluding carboxylic acids is 2. The average Bonchev–Trinajstić information content (AvgIpc) is 3.02. The van der Waals surface area contributed by atoms with Crippen molar-refractivity contribution >= 4 is 45.0 Å². The fourth-order valence-corrected chi connectivity index (χ4v) is 4.89. The molecule has 0 unspecified atom stereocenters. The van der Waals surface area contributed by atoms with Gasteiger partial charge < -0.3 is 10.6 Å². The van der Waals surface area contributed by atoms with Gasteiger partial charge in [-0.3, -0.25) is 9.59 Å². The Hall–Kier alpha value is -2.63. The molecular weight excluding hydrogens is 476 g/mol. The molecule has 5 rings (SSSR count). The van der Waals surface area contributed by atoms with E-state index in [9.17, 15) is 9.59 Å². The Bertz CT molecular complexity index is 1140. The molecule has 6 heteroatoms. The molecule has 1 fully saturated rings. The van der Waals surface area contributed by atoms with E-state index in [2.05, 4.69) is 26.6 Å². The largest absolute Gasteiger partial charge is 0.348 e. The second-order valence-corrected chi connectivity index (χ2v) is 9.12. The Morgan fingerprint density at radius 3 is 2.39 bits per heavy atom. The Morgan fingerprint density at radius 2 is 1.71 bits per heavy atom. The van der Waals surface area contributed by atoms with Crippen LogP contribution in [-0.4, -0.2) is 11.8 Å². The van der Waals surface area contributed by atoms with Crippen LogP contribution in [-0.2, 0) is 15.0 Å². The Kier molecular flexibility index (Phi) is 6.17. The molecule has 0 radical (unpaired) electrons. The van der Waals surface area contributed by atoms with Crippen molar-refractivity contribution in [3.63, 3.8) is 0 Å². The second-order valence-electron chi connectivity index (χ2n) is 7.77. The van der Waals surface area contributed by atoms with Gasteiger partial charge in [0.25, 0.3) is 0 Å². The van der Waals surface area contributed by atoms with E-state index in [0.29, 0.717) is 12.8 Å². The van der Waals surface area contributed by atoms with Crippen molar-refractivity contribution in [2.75, 3.05) is 5.32 Å². The number of hydrogen-bond acceptors (Lipinski definition) is 2. The van der Waals surface area contributed by atoms with Crippen LogP contribution in [0.1, 0.15) is 35.6 Å². The summed E-state index contributed by atoms with van der Waals surface area (Å²) in [4.78, 5) is 25.2. The fraction of sp³-hybridized carbons (Fsp3) is 0.200. The van der Waals surface area contributed by atoms with E-state index in [1.54, 1.807) is 0 Å². The van der Waals surface area contributed by atoms with Crippen LogP contribution in [0, 0.1) is 6.92 Å². The summed E-state index contributed by atoms with van der Waals surface area (Å²) in [7, 11) is 0. The number of anilines is 1. The summed E-state index contributed by atoms with van der Waals surface area (Å²) in [6, 6.07) is 22.9. The predicted octanol–water partition coefficient (Wildman–Crippen LogP) is 5.94. The number of amides is 2. The van der Waals surface area contributed by atoms with Crippen LogP contribution in [0.15, 0.2) is 77.3 Å². The van der Waals surface area contributed by atoms with Gasteiger partial charge in [0, 0.05) is 21.6 Å². The smallest absolute Gasteiger partial charge is 0.237 e. The van der Waals surface area contributed by atoms with Crippen LogP contribution >= 0.6 is 27.5 Å². The second kappa shape index (κ2) is 8.85. The Balaban J connectivity index is 0.000000282. The van der Waals surface area contributed by atoms with E-state index in [0.717, 1.165) is 31.9 Å². The van der Waals surface area contributed by atoms with E-state index in [-0.39, 0.29) is 17.9 Å². The zero-order chi connectivity index (χ0) is 22.0. The van der Waals surface area contributed by atoms with Crippen molar-refractivity contribution in [2.45, 2.75) is 31.2 Å². The fourth-order valence-electron chi connectivity index (χ4n) is 4.38. The Morgan fingerprint density at radius 1 is 1.00 bits per heavy atom. The highest BCUT2D eigenvalue weighted by atomic mass is 79.9. The van der Waals surface area contributed by atoms with Gasteiger partial charge in [-0.05, 0) is 54.3 Å². The van der Waals surface area contributed by atoms with Crippen LogP contribution in [0.2, 0.25) is 5.02 Å². The maximum Gasteiger partial charge on any atom is 0.237 e. The number of carbonyl (C=O) groups is 2. The van der Waals surface area contributed by atoms with Crippen molar-refractivity contribution in [1.82, 2.24) is 5.32 Å². The molecule has 0 saturated carbocycles. The van der Waals surface area contributed by atoms with Gasteiger partial charge >= 0.3 is 0 Å². The molecule has 1 saturated heterocycles. The SMILES string of the molecule is Cc1ccccc1[C@H]1NC(=O)CC[C@]12C(=O)Nc1cc(Br)ccc12.Clc1ccccc1. The van der Waals surface area contributed by atoms with Gasteiger partial charge in [0.15, 0.2) is 0 Å². The number of fused-ring (bicyclic) bond motifs is 2. The lowest BCUT2D eigenvalue weighted by Crippen LogP contribution is -2.52. The van der Waals surface area contributed by atoms with Gasteiger partial charge in [-0.25, -0.2) is 0 Å². The van der Waals surface area contributed by atoms with Crippen LogP contribution in [0.5, 0.6) is 0 Å². The van der Waals surface area contributed by atoms with Crippen LogP contribution in [0.25, 0.3) is 0 Å². The van der Waals surface area contributed by atoms with Crippen molar-refractivity contribution in [2.24, 2.45) is 0 Å². The van der Waals surface area contributed by atoms with Crippen LogP contribution < -0.4 is 10.6 Å². The maximum atomic E-state index is 13.0. The first-order valence-electron chi connectivity index (χ1n) is 10.1. The van der Waals surface area contributed by atoms with E-state index >= 15 is 0 Å². The third-order valence-corrected chi connectivity index (χ3v) is 6.64. The molecule has 4 nitrogen and oxygen atoms in total. The molecule has 2 N–H and O–H groups in total. The number of piperidine rings is 1. The molecule has 158 valence electrons. The number of hydrogen-bond donors (Lipinski definition) is 2. The first-order chi connectivity index (χ1) is 14.9. The van der Waals surface area contributed by atoms with E-state index < -0.39 is 5.41 Å². The number of aryl methyl sites for hydroxylation is 1. The quantitative estimate of drug-likeness (QED) is 0.437. The first kappa shape index (κ1) is 21.6. The average molecular weight is 498 g/mol. The molecule has 31 heavy (non-hydrogen) atoms. The summed E-state index contributed by atoms with van der Waals surface area (Å²) in [6.07, 6.45) is 0.865. The molecular formula is C25H22BrClN2O2. The van der Waals surface area contributed by atoms with Crippen molar-refractivity contribution in [3.8, 4) is 0 Å². The molecule has 2 heterocycles. The minimum Gasteiger partial charge on any atom is -0.348 e. The third kappa shape index (κ3) is 4.12. The maximum absolute atomic E-state index is 13.0. The third-order valence-electron chi connectivity index (χ3n) is 5.89. The number of halogens is 2. The van der Waals surface area contributed by atoms with Gasteiger partial charge in [-0.15, -0.1) is 0 Å². The summed E-state index contributed by atoms with van der Waals surface area (Å²) in [5.41, 5.74) is 3.10. The Labute approximate surface area is 195 Å². The lowest BCUT2D eigenvalue weighted by molar-refractivity contribution is -0.130. The molecule has 1 spiro atoms. The van der Waals surface area contributed by atoms with Gasteiger partial charge in [0.1, 0.15) is 5.41 Å². The van der Waals surface area contributed by atoms with Gasteiger partial charge in [-0.2, -0.15) is 0 Å². The summed E-state index contributed by atoms with van der Waals surface area (Å²) in [5.74, 6) is -0.0453. The molecule has 0 aromatic heterocycles. The van der Waals surface area contributed by atoms with Gasteiger partial charge in [-0.1, -0.05) is 76.1 Å². The van der Waals surface area contributed by atoms with Gasteiger partial charge in [0.2, 0.25) is 11.8 Å². The van der Waals surface area contributed by atoms with Gasteiger partial charge in [0.05, 0.1) is 6.04 Å². The predicted molar refractivity (Wildman–Crippen MR) is 127 cm³/mol. The monoisotopic (exact) mass is 496 g/mol. The topological polar surface area (TPSA) is 58.2 Å². The normalized spacial score (nSPS) is 21.6. The molecule has 3 aromatic carbocycles. The summed E-state index contributed by atoms with van der Waals surface area (Å²) >= 11 is 9.00. The molecule has 0 bridgehead atoms. The van der Waals surface area contributed by atoms with Crippen LogP contribution in [0.3, 0.4) is 0 Å².